The van der Waals surface area contributed by atoms with Gasteiger partial charge in [-0.1, -0.05) is 0 Å². The van der Waals surface area contributed by atoms with E-state index in [1.165, 1.54) is 11.0 Å². The molecule has 20 heavy (non-hydrogen) atoms. The van der Waals surface area contributed by atoms with Crippen molar-refractivity contribution in [3.05, 3.63) is 30.0 Å². The summed E-state index contributed by atoms with van der Waals surface area (Å²) in [5.41, 5.74) is 0. The van der Waals surface area contributed by atoms with Gasteiger partial charge in [0, 0.05) is 20.0 Å². The van der Waals surface area contributed by atoms with Crippen molar-refractivity contribution < 1.29 is 22.7 Å². The molecule has 108 valence electrons. The summed E-state index contributed by atoms with van der Waals surface area (Å²) in [6.45, 7) is 0.0788. The van der Waals surface area contributed by atoms with Gasteiger partial charge in [-0.2, -0.15) is 5.10 Å². The molecule has 0 spiro atoms. The number of furan rings is 1. The Bertz CT molecular complexity index is 718. The highest BCUT2D eigenvalue weighted by atomic mass is 32.2. The van der Waals surface area contributed by atoms with Crippen LogP contribution >= 0.6 is 0 Å². The van der Waals surface area contributed by atoms with E-state index >= 15 is 0 Å². The Morgan fingerprint density at radius 1 is 1.50 bits per heavy atom. The summed E-state index contributed by atoms with van der Waals surface area (Å²) < 4.78 is 32.2. The standard InChI is InChI=1S/C10H12N4O5S/c1-14-6-11-8(13-14)4-5-12-20(17,18)9-3-2-7(19-9)10(15)16/h2-3,6,12H,4-5H2,1H3,(H,15,16). The molecule has 0 aliphatic heterocycles. The van der Waals surface area contributed by atoms with Crippen molar-refractivity contribution in [1.29, 1.82) is 0 Å². The van der Waals surface area contributed by atoms with Crippen LogP contribution in [0.3, 0.4) is 0 Å². The Morgan fingerprint density at radius 3 is 2.80 bits per heavy atom. The molecule has 2 N–H and O–H groups in total. The highest BCUT2D eigenvalue weighted by Crippen LogP contribution is 2.13. The van der Waals surface area contributed by atoms with Crippen molar-refractivity contribution in [3.8, 4) is 0 Å². The summed E-state index contributed by atoms with van der Waals surface area (Å²) in [5.74, 6) is -1.26. The van der Waals surface area contributed by atoms with E-state index in [4.69, 9.17) is 9.52 Å². The number of hydrogen-bond donors (Lipinski definition) is 2. The lowest BCUT2D eigenvalue weighted by molar-refractivity contribution is 0.0656. The smallest absolute Gasteiger partial charge is 0.371 e. The van der Waals surface area contributed by atoms with E-state index in [-0.39, 0.29) is 6.54 Å². The zero-order chi connectivity index (χ0) is 14.8. The van der Waals surface area contributed by atoms with Crippen molar-refractivity contribution in [1.82, 2.24) is 19.5 Å². The van der Waals surface area contributed by atoms with Gasteiger partial charge >= 0.3 is 5.97 Å². The number of rotatable bonds is 6. The zero-order valence-electron chi connectivity index (χ0n) is 10.5. The molecule has 9 nitrogen and oxygen atoms in total. The van der Waals surface area contributed by atoms with Crippen LogP contribution in [0.5, 0.6) is 0 Å². The number of carboxylic acids is 1. The molecule has 2 rings (SSSR count). The molecular formula is C10H12N4O5S. The number of hydrogen-bond acceptors (Lipinski definition) is 6. The normalized spacial score (nSPS) is 11.7. The second-order valence-corrected chi connectivity index (χ2v) is 5.60. The van der Waals surface area contributed by atoms with Gasteiger partial charge in [0.15, 0.2) is 5.82 Å². The molecule has 0 unspecified atom stereocenters. The average Bonchev–Trinajstić information content (AvgIpc) is 2.98. The van der Waals surface area contributed by atoms with Gasteiger partial charge in [-0.25, -0.2) is 22.9 Å². The molecule has 0 aliphatic rings. The molecule has 0 bridgehead atoms. The molecule has 0 amide bonds. The predicted octanol–water partition coefficient (Wildman–Crippen LogP) is -0.373. The van der Waals surface area contributed by atoms with E-state index in [9.17, 15) is 13.2 Å². The lowest BCUT2D eigenvalue weighted by Crippen LogP contribution is -2.26. The van der Waals surface area contributed by atoms with E-state index in [2.05, 4.69) is 14.8 Å². The van der Waals surface area contributed by atoms with Crippen molar-refractivity contribution in [3.63, 3.8) is 0 Å². The first kappa shape index (κ1) is 14.2. The quantitative estimate of drug-likeness (QED) is 0.744. The van der Waals surface area contributed by atoms with Gasteiger partial charge in [-0.05, 0) is 12.1 Å². The Hall–Kier alpha value is -2.20. The minimum atomic E-state index is -3.88. The SMILES string of the molecule is Cn1cnc(CCNS(=O)(=O)c2ccc(C(=O)O)o2)n1. The predicted molar refractivity (Wildman–Crippen MR) is 65.6 cm³/mol. The second-order valence-electron chi connectivity index (χ2n) is 3.91. The largest absolute Gasteiger partial charge is 0.475 e. The third kappa shape index (κ3) is 3.22. The van der Waals surface area contributed by atoms with Crippen molar-refractivity contribution in [2.24, 2.45) is 7.05 Å². The number of nitrogens with one attached hydrogen (secondary N) is 1. The molecule has 10 heteroatoms. The third-order valence-corrected chi connectivity index (χ3v) is 3.68. The van der Waals surface area contributed by atoms with Crippen molar-refractivity contribution in [2.45, 2.75) is 11.5 Å². The van der Waals surface area contributed by atoms with Crippen LogP contribution < -0.4 is 4.72 Å². The number of sulfonamides is 1. The Balaban J connectivity index is 1.98. The number of nitrogens with zero attached hydrogens (tertiary/aromatic N) is 3. The number of carboxylic acid groups (broad SMARTS) is 1. The van der Waals surface area contributed by atoms with Crippen LogP contribution in [0.15, 0.2) is 28.0 Å². The second kappa shape index (κ2) is 5.43. The first-order valence-electron chi connectivity index (χ1n) is 5.56. The van der Waals surface area contributed by atoms with Gasteiger partial charge < -0.3 is 9.52 Å². The molecule has 2 aromatic heterocycles. The molecule has 0 fully saturated rings. The van der Waals surface area contributed by atoms with Crippen LogP contribution in [0.1, 0.15) is 16.4 Å². The van der Waals surface area contributed by atoms with Crippen LogP contribution in [0.25, 0.3) is 0 Å². The summed E-state index contributed by atoms with van der Waals surface area (Å²) >= 11 is 0. The number of aromatic carboxylic acids is 1. The lowest BCUT2D eigenvalue weighted by Gasteiger charge is -2.02. The Morgan fingerprint density at radius 2 is 2.25 bits per heavy atom. The Labute approximate surface area is 114 Å². The van der Waals surface area contributed by atoms with Gasteiger partial charge in [0.1, 0.15) is 6.33 Å². The van der Waals surface area contributed by atoms with Crippen LogP contribution in [0.4, 0.5) is 0 Å². The zero-order valence-corrected chi connectivity index (χ0v) is 11.3. The maximum atomic E-state index is 11.8. The van der Waals surface area contributed by atoms with Gasteiger partial charge in [0.25, 0.3) is 10.0 Å². The van der Waals surface area contributed by atoms with E-state index in [1.54, 1.807) is 7.05 Å². The molecular weight excluding hydrogens is 288 g/mol. The molecule has 2 heterocycles. The summed E-state index contributed by atoms with van der Waals surface area (Å²) in [7, 11) is -2.17. The fourth-order valence-corrected chi connectivity index (χ4v) is 2.41. The molecule has 0 aromatic carbocycles. The highest BCUT2D eigenvalue weighted by Gasteiger charge is 2.20. The molecule has 2 aromatic rings. The topological polar surface area (TPSA) is 127 Å². The van der Waals surface area contributed by atoms with Gasteiger partial charge in [-0.15, -0.1) is 0 Å². The molecule has 0 atom stereocenters. The summed E-state index contributed by atoms with van der Waals surface area (Å²) in [6.07, 6.45) is 1.82. The van der Waals surface area contributed by atoms with E-state index in [0.717, 1.165) is 12.1 Å². The first-order chi connectivity index (χ1) is 9.38. The minimum absolute atomic E-state index is 0.0788. The van der Waals surface area contributed by atoms with Crippen LogP contribution in [0.2, 0.25) is 0 Å². The van der Waals surface area contributed by atoms with Crippen LogP contribution in [0, 0.1) is 0 Å². The fraction of sp³-hybridized carbons (Fsp3) is 0.300. The Kier molecular flexibility index (Phi) is 3.86. The van der Waals surface area contributed by atoms with Crippen LogP contribution in [-0.2, 0) is 23.5 Å². The summed E-state index contributed by atoms with van der Waals surface area (Å²) in [6, 6.07) is 2.17. The highest BCUT2D eigenvalue weighted by molar-refractivity contribution is 7.89. The number of aromatic nitrogens is 3. The number of aryl methyl sites for hydroxylation is 1. The molecule has 0 radical (unpaired) electrons. The molecule has 0 saturated heterocycles. The molecule has 0 saturated carbocycles. The maximum absolute atomic E-state index is 11.8. The van der Waals surface area contributed by atoms with Crippen molar-refractivity contribution in [2.75, 3.05) is 6.54 Å². The van der Waals surface area contributed by atoms with E-state index < -0.39 is 26.8 Å². The summed E-state index contributed by atoms with van der Waals surface area (Å²) in [5, 5.41) is 12.2. The minimum Gasteiger partial charge on any atom is -0.475 e. The fourth-order valence-electron chi connectivity index (χ4n) is 1.45. The van der Waals surface area contributed by atoms with Gasteiger partial charge in [-0.3, -0.25) is 4.68 Å². The maximum Gasteiger partial charge on any atom is 0.371 e. The first-order valence-corrected chi connectivity index (χ1v) is 7.04. The third-order valence-electron chi connectivity index (χ3n) is 2.34. The average molecular weight is 300 g/mol. The number of carbonyl (C=O) groups is 1. The molecule has 0 aliphatic carbocycles. The van der Waals surface area contributed by atoms with Crippen molar-refractivity contribution >= 4 is 16.0 Å². The lowest BCUT2D eigenvalue weighted by atomic mass is 10.4. The van der Waals surface area contributed by atoms with E-state index in [1.807, 2.05) is 0 Å². The van der Waals surface area contributed by atoms with Gasteiger partial charge in [0.2, 0.25) is 10.9 Å². The summed E-state index contributed by atoms with van der Waals surface area (Å²) in [4.78, 5) is 14.6. The van der Waals surface area contributed by atoms with E-state index in [0.29, 0.717) is 12.2 Å². The monoisotopic (exact) mass is 300 g/mol. The van der Waals surface area contributed by atoms with Crippen LogP contribution in [-0.4, -0.2) is 40.8 Å². The van der Waals surface area contributed by atoms with Gasteiger partial charge in [0.05, 0.1) is 0 Å².